The first-order chi connectivity index (χ1) is 6.54. The molecule has 84 valence electrons. The summed E-state index contributed by atoms with van der Waals surface area (Å²) in [7, 11) is 1.38. The third-order valence-corrected chi connectivity index (χ3v) is 3.08. The lowest BCUT2D eigenvalue weighted by Crippen LogP contribution is -2.45. The van der Waals surface area contributed by atoms with E-state index in [4.69, 9.17) is 5.73 Å². The number of esters is 1. The number of thioether (sulfide) groups is 1. The molecule has 3 nitrogen and oxygen atoms in total. The summed E-state index contributed by atoms with van der Waals surface area (Å²) in [6, 6.07) is 0. The van der Waals surface area contributed by atoms with Gasteiger partial charge in [0.1, 0.15) is 5.54 Å². The minimum Gasteiger partial charge on any atom is -0.468 e. The van der Waals surface area contributed by atoms with Crippen molar-refractivity contribution in [3.63, 3.8) is 0 Å². The van der Waals surface area contributed by atoms with Gasteiger partial charge >= 0.3 is 5.97 Å². The molecule has 1 unspecified atom stereocenters. The first-order valence-electron chi connectivity index (χ1n) is 4.99. The van der Waals surface area contributed by atoms with Crippen molar-refractivity contribution in [3.8, 4) is 0 Å². The molecule has 0 aliphatic heterocycles. The molecule has 0 radical (unpaired) electrons. The number of ether oxygens (including phenoxy) is 1. The van der Waals surface area contributed by atoms with Gasteiger partial charge in [0.2, 0.25) is 0 Å². The molecule has 1 atom stereocenters. The first-order valence-corrected chi connectivity index (χ1v) is 6.15. The summed E-state index contributed by atoms with van der Waals surface area (Å²) in [4.78, 5) is 11.2. The SMILES string of the molecule is CCSCCCCC(C)(N)C(=O)OC. The van der Waals surface area contributed by atoms with Crippen molar-refractivity contribution in [2.45, 2.75) is 38.6 Å². The van der Waals surface area contributed by atoms with Crippen LogP contribution in [0.4, 0.5) is 0 Å². The van der Waals surface area contributed by atoms with Gasteiger partial charge in [-0.2, -0.15) is 11.8 Å². The number of rotatable bonds is 7. The zero-order valence-electron chi connectivity index (χ0n) is 9.34. The topological polar surface area (TPSA) is 52.3 Å². The minimum absolute atomic E-state index is 0.319. The van der Waals surface area contributed by atoms with Crippen molar-refractivity contribution in [1.29, 1.82) is 0 Å². The molecule has 0 aromatic rings. The summed E-state index contributed by atoms with van der Waals surface area (Å²) in [5.74, 6) is 1.98. The molecular formula is C10H21NO2S. The zero-order chi connectivity index (χ0) is 11.0. The molecule has 0 aliphatic carbocycles. The molecule has 0 rings (SSSR count). The second-order valence-corrected chi connectivity index (χ2v) is 4.96. The van der Waals surface area contributed by atoms with Crippen molar-refractivity contribution < 1.29 is 9.53 Å². The Kier molecular flexibility index (Phi) is 7.01. The van der Waals surface area contributed by atoms with Gasteiger partial charge in [0, 0.05) is 0 Å². The number of carbonyl (C=O) groups is 1. The summed E-state index contributed by atoms with van der Waals surface area (Å²) < 4.78 is 4.62. The number of nitrogens with two attached hydrogens (primary N) is 1. The second kappa shape index (κ2) is 7.12. The van der Waals surface area contributed by atoms with Crippen molar-refractivity contribution >= 4 is 17.7 Å². The number of carbonyl (C=O) groups excluding carboxylic acids is 1. The Morgan fingerprint density at radius 3 is 2.64 bits per heavy atom. The Labute approximate surface area is 90.8 Å². The maximum atomic E-state index is 11.2. The van der Waals surface area contributed by atoms with Crippen LogP contribution in [0.5, 0.6) is 0 Å². The quantitative estimate of drug-likeness (QED) is 0.524. The van der Waals surface area contributed by atoms with E-state index in [2.05, 4.69) is 11.7 Å². The van der Waals surface area contributed by atoms with Crippen LogP contribution in [0.1, 0.15) is 33.1 Å². The lowest BCUT2D eigenvalue weighted by atomic mass is 9.97. The Balaban J connectivity index is 3.60. The van der Waals surface area contributed by atoms with E-state index in [1.165, 1.54) is 7.11 Å². The zero-order valence-corrected chi connectivity index (χ0v) is 10.2. The van der Waals surface area contributed by atoms with Crippen molar-refractivity contribution in [3.05, 3.63) is 0 Å². The van der Waals surface area contributed by atoms with Crippen LogP contribution in [0.3, 0.4) is 0 Å². The number of hydrogen-bond acceptors (Lipinski definition) is 4. The standard InChI is InChI=1S/C10H21NO2S/c1-4-14-8-6-5-7-10(2,11)9(12)13-3/h4-8,11H2,1-3H3. The molecule has 0 saturated heterocycles. The van der Waals surface area contributed by atoms with Crippen molar-refractivity contribution in [2.24, 2.45) is 5.73 Å². The molecule has 0 amide bonds. The number of unbranched alkanes of at least 4 members (excludes halogenated alkanes) is 1. The van der Waals surface area contributed by atoms with Gasteiger partial charge in [-0.1, -0.05) is 13.3 Å². The maximum Gasteiger partial charge on any atom is 0.325 e. The van der Waals surface area contributed by atoms with Crippen molar-refractivity contribution in [2.75, 3.05) is 18.6 Å². The largest absolute Gasteiger partial charge is 0.468 e. The average molecular weight is 219 g/mol. The normalized spacial score (nSPS) is 14.9. The molecule has 0 saturated carbocycles. The monoisotopic (exact) mass is 219 g/mol. The molecule has 0 aromatic carbocycles. The molecule has 14 heavy (non-hydrogen) atoms. The lowest BCUT2D eigenvalue weighted by Gasteiger charge is -2.20. The minimum atomic E-state index is -0.814. The van der Waals surface area contributed by atoms with E-state index in [1.54, 1.807) is 6.92 Å². The lowest BCUT2D eigenvalue weighted by molar-refractivity contribution is -0.146. The molecular weight excluding hydrogens is 198 g/mol. The Morgan fingerprint density at radius 2 is 2.14 bits per heavy atom. The summed E-state index contributed by atoms with van der Waals surface area (Å²) in [5, 5.41) is 0. The van der Waals surface area contributed by atoms with Crippen LogP contribution in [0.15, 0.2) is 0 Å². The van der Waals surface area contributed by atoms with Gasteiger partial charge in [-0.3, -0.25) is 4.79 Å². The summed E-state index contributed by atoms with van der Waals surface area (Å²) >= 11 is 1.92. The average Bonchev–Trinajstić information content (AvgIpc) is 2.16. The fourth-order valence-electron chi connectivity index (χ4n) is 1.18. The highest BCUT2D eigenvalue weighted by Gasteiger charge is 2.28. The van der Waals surface area contributed by atoms with E-state index in [9.17, 15) is 4.79 Å². The van der Waals surface area contributed by atoms with E-state index in [1.807, 2.05) is 11.8 Å². The molecule has 0 spiro atoms. The highest BCUT2D eigenvalue weighted by molar-refractivity contribution is 7.99. The van der Waals surface area contributed by atoms with Crippen LogP contribution in [0.2, 0.25) is 0 Å². The van der Waals surface area contributed by atoms with Gasteiger partial charge in [0.15, 0.2) is 0 Å². The molecule has 4 heteroatoms. The second-order valence-electron chi connectivity index (χ2n) is 3.56. The number of methoxy groups -OCH3 is 1. The highest BCUT2D eigenvalue weighted by atomic mass is 32.2. The third-order valence-electron chi connectivity index (χ3n) is 2.09. The molecule has 2 N–H and O–H groups in total. The van der Waals surface area contributed by atoms with Crippen LogP contribution in [0.25, 0.3) is 0 Å². The Bertz CT molecular complexity index is 172. The highest BCUT2D eigenvalue weighted by Crippen LogP contribution is 2.14. The number of hydrogen-bond donors (Lipinski definition) is 1. The van der Waals surface area contributed by atoms with E-state index in [0.29, 0.717) is 6.42 Å². The summed E-state index contributed by atoms with van der Waals surface area (Å²) in [6.07, 6.45) is 2.79. The Hall–Kier alpha value is -0.220. The molecule has 0 bridgehead atoms. The van der Waals surface area contributed by atoms with E-state index < -0.39 is 5.54 Å². The Morgan fingerprint density at radius 1 is 1.50 bits per heavy atom. The van der Waals surface area contributed by atoms with Crippen LogP contribution >= 0.6 is 11.8 Å². The predicted molar refractivity (Wildman–Crippen MR) is 61.5 cm³/mol. The fraction of sp³-hybridized carbons (Fsp3) is 0.900. The van der Waals surface area contributed by atoms with E-state index in [-0.39, 0.29) is 5.97 Å². The maximum absolute atomic E-state index is 11.2. The van der Waals surface area contributed by atoms with Gasteiger partial charge in [-0.15, -0.1) is 0 Å². The molecule has 0 aliphatic rings. The van der Waals surface area contributed by atoms with Crippen LogP contribution in [0, 0.1) is 0 Å². The van der Waals surface area contributed by atoms with Gasteiger partial charge in [0.05, 0.1) is 7.11 Å². The van der Waals surface area contributed by atoms with Gasteiger partial charge in [-0.25, -0.2) is 0 Å². The summed E-state index contributed by atoms with van der Waals surface area (Å²) in [6.45, 7) is 3.87. The third kappa shape index (κ3) is 5.50. The van der Waals surface area contributed by atoms with Gasteiger partial charge in [-0.05, 0) is 31.3 Å². The molecule has 0 fully saturated rings. The van der Waals surface area contributed by atoms with Crippen LogP contribution < -0.4 is 5.73 Å². The van der Waals surface area contributed by atoms with E-state index >= 15 is 0 Å². The summed E-state index contributed by atoms with van der Waals surface area (Å²) in [5.41, 5.74) is 4.99. The van der Waals surface area contributed by atoms with E-state index in [0.717, 1.165) is 24.3 Å². The van der Waals surface area contributed by atoms with Gasteiger partial charge in [0.25, 0.3) is 0 Å². The fourth-order valence-corrected chi connectivity index (χ4v) is 1.87. The molecule has 0 heterocycles. The first kappa shape index (κ1) is 13.8. The molecule has 0 aromatic heterocycles. The van der Waals surface area contributed by atoms with Crippen LogP contribution in [-0.2, 0) is 9.53 Å². The van der Waals surface area contributed by atoms with Crippen LogP contribution in [-0.4, -0.2) is 30.1 Å². The smallest absolute Gasteiger partial charge is 0.325 e. The van der Waals surface area contributed by atoms with Crippen molar-refractivity contribution in [1.82, 2.24) is 0 Å². The predicted octanol–water partition coefficient (Wildman–Crippen LogP) is 1.80. The van der Waals surface area contributed by atoms with Gasteiger partial charge < -0.3 is 10.5 Å².